The summed E-state index contributed by atoms with van der Waals surface area (Å²) in [6.07, 6.45) is 5.50. The highest BCUT2D eigenvalue weighted by atomic mass is 16.1. The summed E-state index contributed by atoms with van der Waals surface area (Å²) in [5.41, 5.74) is 4.71. The van der Waals surface area contributed by atoms with Crippen molar-refractivity contribution >= 4 is 22.8 Å². The second-order valence-corrected chi connectivity index (χ2v) is 7.37. The van der Waals surface area contributed by atoms with E-state index >= 15 is 0 Å². The lowest BCUT2D eigenvalue weighted by Gasteiger charge is -2.31. The van der Waals surface area contributed by atoms with Crippen LogP contribution in [-0.2, 0) is 11.2 Å². The molecule has 5 nitrogen and oxygen atoms in total. The minimum atomic E-state index is -0.0920. The zero-order valence-electron chi connectivity index (χ0n) is 15.7. The van der Waals surface area contributed by atoms with Crippen LogP contribution in [0.25, 0.3) is 11.0 Å². The largest absolute Gasteiger partial charge is 0.360 e. The van der Waals surface area contributed by atoms with Gasteiger partial charge in [-0.2, -0.15) is 0 Å². The Morgan fingerprint density at radius 3 is 2.70 bits per heavy atom. The molecule has 1 saturated heterocycles. The van der Waals surface area contributed by atoms with Crippen molar-refractivity contribution in [3.8, 4) is 0 Å². The Hall–Kier alpha value is -2.66. The topological polar surface area (TPSA) is 61.0 Å². The van der Waals surface area contributed by atoms with Gasteiger partial charge < -0.3 is 15.2 Å². The number of amides is 1. The van der Waals surface area contributed by atoms with Gasteiger partial charge in [-0.15, -0.1) is 0 Å². The molecule has 3 heterocycles. The number of likely N-dealkylation sites (tertiary alicyclic amines) is 1. The number of aromatic amines is 1. The van der Waals surface area contributed by atoms with E-state index in [1.54, 1.807) is 0 Å². The van der Waals surface area contributed by atoms with Gasteiger partial charge in [0.15, 0.2) is 0 Å². The van der Waals surface area contributed by atoms with Gasteiger partial charge in [0, 0.05) is 19.7 Å². The predicted octanol–water partition coefficient (Wildman–Crippen LogP) is 3.94. The molecule has 2 N–H and O–H groups in total. The minimum Gasteiger partial charge on any atom is -0.360 e. The third-order valence-corrected chi connectivity index (χ3v) is 5.44. The van der Waals surface area contributed by atoms with Gasteiger partial charge in [0.05, 0.1) is 11.0 Å². The summed E-state index contributed by atoms with van der Waals surface area (Å²) in [6, 6.07) is 14.5. The van der Waals surface area contributed by atoms with Gasteiger partial charge in [-0.1, -0.05) is 30.3 Å². The number of hydrogen-bond donors (Lipinski definition) is 2. The normalized spacial score (nSPS) is 15.9. The molecular weight excluding hydrogens is 336 g/mol. The van der Waals surface area contributed by atoms with Crippen LogP contribution in [0.5, 0.6) is 0 Å². The predicted molar refractivity (Wildman–Crippen MR) is 109 cm³/mol. The molecule has 1 aliphatic rings. The molecule has 0 aliphatic carbocycles. The first-order chi connectivity index (χ1) is 13.2. The monoisotopic (exact) mass is 362 g/mol. The van der Waals surface area contributed by atoms with Crippen LogP contribution in [0.1, 0.15) is 36.8 Å². The fourth-order valence-electron chi connectivity index (χ4n) is 3.98. The quantitative estimate of drug-likeness (QED) is 0.723. The van der Waals surface area contributed by atoms with E-state index in [9.17, 15) is 4.79 Å². The number of fused-ring (bicyclic) bond motifs is 1. The molecule has 4 rings (SSSR count). The minimum absolute atomic E-state index is 0.0920. The van der Waals surface area contributed by atoms with Crippen molar-refractivity contribution in [2.45, 2.75) is 32.1 Å². The van der Waals surface area contributed by atoms with Crippen LogP contribution in [0.15, 0.2) is 48.7 Å². The molecule has 0 spiro atoms. The maximum atomic E-state index is 11.3. The van der Waals surface area contributed by atoms with Gasteiger partial charge >= 0.3 is 0 Å². The number of carbonyl (C=O) groups excluding carboxylic acids is 1. The second-order valence-electron chi connectivity index (χ2n) is 7.37. The Kier molecular flexibility index (Phi) is 5.21. The Morgan fingerprint density at radius 2 is 1.96 bits per heavy atom. The van der Waals surface area contributed by atoms with E-state index in [1.165, 1.54) is 18.1 Å². The fraction of sp³-hybridized carbons (Fsp3) is 0.364. The molecule has 0 unspecified atom stereocenters. The summed E-state index contributed by atoms with van der Waals surface area (Å²) in [7, 11) is 0. The number of H-pyrrole nitrogens is 1. The first kappa shape index (κ1) is 17.7. The number of rotatable bonds is 5. The number of hydrogen-bond acceptors (Lipinski definition) is 3. The van der Waals surface area contributed by atoms with Crippen molar-refractivity contribution in [1.29, 1.82) is 0 Å². The van der Waals surface area contributed by atoms with Gasteiger partial charge in [-0.05, 0) is 61.5 Å². The van der Waals surface area contributed by atoms with Crippen LogP contribution in [-0.4, -0.2) is 40.4 Å². The second kappa shape index (κ2) is 7.92. The smallest absolute Gasteiger partial charge is 0.222 e. The van der Waals surface area contributed by atoms with Crippen LogP contribution in [0.2, 0.25) is 0 Å². The number of nitrogens with zero attached hydrogens (tertiary/aromatic N) is 2. The number of piperidine rings is 1. The first-order valence-electron chi connectivity index (χ1n) is 9.71. The van der Waals surface area contributed by atoms with E-state index in [-0.39, 0.29) is 5.91 Å². The summed E-state index contributed by atoms with van der Waals surface area (Å²) in [6.45, 7) is 4.87. The molecule has 140 valence electrons. The number of aromatic nitrogens is 2. The van der Waals surface area contributed by atoms with Crippen molar-refractivity contribution in [2.75, 3.05) is 25.0 Å². The van der Waals surface area contributed by atoms with Crippen LogP contribution >= 0.6 is 0 Å². The third-order valence-electron chi connectivity index (χ3n) is 5.44. The van der Waals surface area contributed by atoms with E-state index in [2.05, 4.69) is 56.7 Å². The highest BCUT2D eigenvalue weighted by molar-refractivity contribution is 5.90. The average Bonchev–Trinajstić information content (AvgIpc) is 3.10. The number of nitrogens with one attached hydrogen (secondary N) is 2. The summed E-state index contributed by atoms with van der Waals surface area (Å²) in [5.74, 6) is 1.05. The molecule has 0 bridgehead atoms. The van der Waals surface area contributed by atoms with Crippen LogP contribution in [0.3, 0.4) is 0 Å². The number of anilines is 1. The number of benzene rings is 1. The summed E-state index contributed by atoms with van der Waals surface area (Å²) in [4.78, 5) is 21.9. The van der Waals surface area contributed by atoms with Gasteiger partial charge in [0.1, 0.15) is 5.82 Å². The van der Waals surface area contributed by atoms with Gasteiger partial charge in [0.25, 0.3) is 0 Å². The summed E-state index contributed by atoms with van der Waals surface area (Å²) >= 11 is 0. The molecule has 0 atom stereocenters. The molecule has 0 saturated carbocycles. The Balaban J connectivity index is 1.39. The molecule has 0 radical (unpaired) electrons. The SMILES string of the molecule is CC(=O)Nc1ccc2[nH]cc(C3CCN(CCc4ccccc4)CC3)c2n1. The van der Waals surface area contributed by atoms with Gasteiger partial charge in [-0.25, -0.2) is 4.98 Å². The molecule has 27 heavy (non-hydrogen) atoms. The van der Waals surface area contributed by atoms with Crippen molar-refractivity contribution < 1.29 is 4.79 Å². The molecule has 1 fully saturated rings. The first-order valence-corrected chi connectivity index (χ1v) is 9.71. The van der Waals surface area contributed by atoms with E-state index in [0.29, 0.717) is 11.7 Å². The highest BCUT2D eigenvalue weighted by Crippen LogP contribution is 2.32. The standard InChI is InChI=1S/C22H26N4O/c1-16(27)24-21-8-7-20-22(25-21)19(15-23-20)18-10-13-26(14-11-18)12-9-17-5-3-2-4-6-17/h2-8,15,18,23H,9-14H2,1H3,(H,24,25,27). The van der Waals surface area contributed by atoms with Crippen LogP contribution in [0.4, 0.5) is 5.82 Å². The molecule has 2 aromatic heterocycles. The molecule has 3 aromatic rings. The van der Waals surface area contributed by atoms with E-state index in [1.807, 2.05) is 12.1 Å². The van der Waals surface area contributed by atoms with Gasteiger partial charge in [0.2, 0.25) is 5.91 Å². The van der Waals surface area contributed by atoms with Crippen molar-refractivity contribution in [3.63, 3.8) is 0 Å². The van der Waals surface area contributed by atoms with Crippen LogP contribution < -0.4 is 5.32 Å². The maximum Gasteiger partial charge on any atom is 0.222 e. The van der Waals surface area contributed by atoms with E-state index in [4.69, 9.17) is 0 Å². The highest BCUT2D eigenvalue weighted by Gasteiger charge is 2.23. The summed E-state index contributed by atoms with van der Waals surface area (Å²) < 4.78 is 0. The molecule has 1 aromatic carbocycles. The van der Waals surface area contributed by atoms with Gasteiger partial charge in [-0.3, -0.25) is 4.79 Å². The number of pyridine rings is 1. The lowest BCUT2D eigenvalue weighted by atomic mass is 9.90. The average molecular weight is 362 g/mol. The third kappa shape index (κ3) is 4.19. The molecule has 5 heteroatoms. The Labute approximate surface area is 159 Å². The van der Waals surface area contributed by atoms with E-state index in [0.717, 1.165) is 49.9 Å². The lowest BCUT2D eigenvalue weighted by molar-refractivity contribution is -0.114. The molecule has 1 amide bonds. The van der Waals surface area contributed by atoms with Crippen molar-refractivity contribution in [2.24, 2.45) is 0 Å². The maximum absolute atomic E-state index is 11.3. The Bertz CT molecular complexity index is 910. The van der Waals surface area contributed by atoms with Crippen molar-refractivity contribution in [3.05, 3.63) is 59.8 Å². The zero-order chi connectivity index (χ0) is 18.6. The molecule has 1 aliphatic heterocycles. The van der Waals surface area contributed by atoms with Crippen LogP contribution in [0, 0.1) is 0 Å². The fourth-order valence-corrected chi connectivity index (χ4v) is 3.98. The summed E-state index contributed by atoms with van der Waals surface area (Å²) in [5, 5.41) is 2.78. The Morgan fingerprint density at radius 1 is 1.19 bits per heavy atom. The zero-order valence-corrected chi connectivity index (χ0v) is 15.7. The number of carbonyl (C=O) groups is 1. The molecular formula is C22H26N4O. The van der Waals surface area contributed by atoms with E-state index < -0.39 is 0 Å². The van der Waals surface area contributed by atoms with Crippen molar-refractivity contribution in [1.82, 2.24) is 14.9 Å². The lowest BCUT2D eigenvalue weighted by Crippen LogP contribution is -2.34.